The molecule has 0 aliphatic carbocycles. The van der Waals surface area contributed by atoms with E-state index in [1.807, 2.05) is 19.1 Å². The molecule has 2 aromatic carbocycles. The van der Waals surface area contributed by atoms with E-state index >= 15 is 0 Å². The first-order valence-electron chi connectivity index (χ1n) is 9.53. The fourth-order valence-corrected chi connectivity index (χ4v) is 4.08. The number of rotatable bonds is 8. The number of likely N-dealkylation sites (N-methyl/N-ethyl adjacent to an activating group) is 1. The lowest BCUT2D eigenvalue weighted by Crippen LogP contribution is -2.35. The number of nitrogens with one attached hydrogen (secondary N) is 3. The second-order valence-electron chi connectivity index (χ2n) is 6.84. The Morgan fingerprint density at radius 3 is 2.55 bits per heavy atom. The molecule has 7 nitrogen and oxygen atoms in total. The number of ether oxygens (including phenoxy) is 1. The standard InChI is InChI=1S/C22H24ClN3O4S/c1-13-5-8-19(30-13)15-6-10-21(17(23)11-15)31(28)26-18-12-16(7-9-20(18)29-4)25-22(27)14(2)24-3/h5-12,14,24,26H,1-4H3,(H,25,27)/t14-,31?/m0/s1. The highest BCUT2D eigenvalue weighted by Crippen LogP contribution is 2.32. The normalized spacial score (nSPS) is 12.8. The summed E-state index contributed by atoms with van der Waals surface area (Å²) >= 11 is 6.40. The highest BCUT2D eigenvalue weighted by atomic mass is 35.5. The van der Waals surface area contributed by atoms with Gasteiger partial charge < -0.3 is 19.8 Å². The van der Waals surface area contributed by atoms with Crippen LogP contribution in [-0.2, 0) is 15.8 Å². The number of hydrogen-bond donors (Lipinski definition) is 3. The zero-order valence-corrected chi connectivity index (χ0v) is 19.2. The minimum atomic E-state index is -1.67. The molecule has 31 heavy (non-hydrogen) atoms. The molecule has 0 aliphatic rings. The van der Waals surface area contributed by atoms with Crippen molar-refractivity contribution in [3.63, 3.8) is 0 Å². The van der Waals surface area contributed by atoms with E-state index in [1.54, 1.807) is 50.4 Å². The van der Waals surface area contributed by atoms with Gasteiger partial charge in [-0.1, -0.05) is 11.6 Å². The van der Waals surface area contributed by atoms with Gasteiger partial charge in [-0.05, 0) is 69.4 Å². The Labute approximate surface area is 188 Å². The SMILES string of the molecule is CN[C@@H](C)C(=O)Nc1ccc(OC)c(NS(=O)c2ccc(-c3ccc(C)o3)cc2Cl)c1. The third-order valence-electron chi connectivity index (χ3n) is 4.65. The molecular weight excluding hydrogens is 438 g/mol. The summed E-state index contributed by atoms with van der Waals surface area (Å²) in [6.45, 7) is 3.62. The molecule has 1 aromatic heterocycles. The molecule has 1 amide bonds. The lowest BCUT2D eigenvalue weighted by Gasteiger charge is -2.15. The smallest absolute Gasteiger partial charge is 0.241 e. The van der Waals surface area contributed by atoms with Crippen molar-refractivity contribution in [2.75, 3.05) is 24.2 Å². The van der Waals surface area contributed by atoms with Gasteiger partial charge >= 0.3 is 0 Å². The van der Waals surface area contributed by atoms with Gasteiger partial charge in [0.1, 0.15) is 17.3 Å². The molecule has 1 unspecified atom stereocenters. The van der Waals surface area contributed by atoms with Crippen LogP contribution in [0.15, 0.2) is 57.8 Å². The van der Waals surface area contributed by atoms with Gasteiger partial charge in [0.2, 0.25) is 5.91 Å². The molecule has 0 bridgehead atoms. The van der Waals surface area contributed by atoms with Crippen molar-refractivity contribution < 1.29 is 18.2 Å². The molecule has 0 radical (unpaired) electrons. The number of aryl methyl sites for hydroxylation is 1. The van der Waals surface area contributed by atoms with Gasteiger partial charge in [0, 0.05) is 11.3 Å². The highest BCUT2D eigenvalue weighted by molar-refractivity contribution is 7.86. The second kappa shape index (κ2) is 10.00. The third-order valence-corrected chi connectivity index (χ3v) is 6.24. The number of furan rings is 1. The molecular formula is C22H24ClN3O4S. The average Bonchev–Trinajstić information content (AvgIpc) is 3.19. The summed E-state index contributed by atoms with van der Waals surface area (Å²) in [5, 5.41) is 6.02. The monoisotopic (exact) mass is 461 g/mol. The van der Waals surface area contributed by atoms with E-state index in [4.69, 9.17) is 20.8 Å². The van der Waals surface area contributed by atoms with Crippen molar-refractivity contribution >= 4 is 39.9 Å². The predicted molar refractivity (Wildman–Crippen MR) is 124 cm³/mol. The van der Waals surface area contributed by atoms with E-state index in [9.17, 15) is 9.00 Å². The number of benzene rings is 2. The Kier molecular flexibility index (Phi) is 7.37. The van der Waals surface area contributed by atoms with Crippen molar-refractivity contribution in [2.45, 2.75) is 24.8 Å². The Morgan fingerprint density at radius 1 is 1.16 bits per heavy atom. The van der Waals surface area contributed by atoms with Gasteiger partial charge in [-0.25, -0.2) is 4.21 Å². The molecule has 3 aromatic rings. The molecule has 0 saturated heterocycles. The molecule has 0 spiro atoms. The summed E-state index contributed by atoms with van der Waals surface area (Å²) in [6.07, 6.45) is 0. The molecule has 2 atom stereocenters. The number of anilines is 2. The number of amides is 1. The fourth-order valence-electron chi connectivity index (χ4n) is 2.80. The van der Waals surface area contributed by atoms with Gasteiger partial charge in [0.05, 0.1) is 28.8 Å². The van der Waals surface area contributed by atoms with E-state index in [0.29, 0.717) is 32.8 Å². The van der Waals surface area contributed by atoms with Crippen LogP contribution in [0.5, 0.6) is 5.75 Å². The van der Waals surface area contributed by atoms with E-state index < -0.39 is 11.0 Å². The minimum absolute atomic E-state index is 0.188. The van der Waals surface area contributed by atoms with Crippen LogP contribution in [0.3, 0.4) is 0 Å². The Bertz CT molecular complexity index is 1120. The van der Waals surface area contributed by atoms with E-state index in [0.717, 1.165) is 11.3 Å². The van der Waals surface area contributed by atoms with Gasteiger partial charge in [-0.15, -0.1) is 0 Å². The Hall–Kier alpha value is -2.81. The van der Waals surface area contributed by atoms with Crippen molar-refractivity contribution in [1.82, 2.24) is 5.32 Å². The third kappa shape index (κ3) is 5.46. The van der Waals surface area contributed by atoms with Crippen LogP contribution in [0.25, 0.3) is 11.3 Å². The summed E-state index contributed by atoms with van der Waals surface area (Å²) in [5.74, 6) is 1.77. The molecule has 0 aliphatic heterocycles. The highest BCUT2D eigenvalue weighted by Gasteiger charge is 2.16. The van der Waals surface area contributed by atoms with Crippen molar-refractivity contribution in [3.05, 3.63) is 59.3 Å². The zero-order chi connectivity index (χ0) is 22.5. The Balaban J connectivity index is 1.82. The number of carbonyl (C=O) groups excluding carboxylic acids is 1. The van der Waals surface area contributed by atoms with Crippen molar-refractivity contribution in [1.29, 1.82) is 0 Å². The van der Waals surface area contributed by atoms with Crippen molar-refractivity contribution in [2.24, 2.45) is 0 Å². The van der Waals surface area contributed by atoms with Crippen LogP contribution in [0.4, 0.5) is 11.4 Å². The fraction of sp³-hybridized carbons (Fsp3) is 0.227. The topological polar surface area (TPSA) is 92.6 Å². The minimum Gasteiger partial charge on any atom is -0.495 e. The first-order valence-corrected chi connectivity index (χ1v) is 11.1. The van der Waals surface area contributed by atoms with Gasteiger partial charge in [0.25, 0.3) is 0 Å². The molecule has 164 valence electrons. The first kappa shape index (κ1) is 22.9. The van der Waals surface area contributed by atoms with Crippen LogP contribution in [0.1, 0.15) is 12.7 Å². The van der Waals surface area contributed by atoms with Crippen LogP contribution < -0.4 is 20.1 Å². The molecule has 1 heterocycles. The number of methoxy groups -OCH3 is 1. The maximum absolute atomic E-state index is 13.0. The number of hydrogen-bond acceptors (Lipinski definition) is 5. The summed E-state index contributed by atoms with van der Waals surface area (Å²) in [4.78, 5) is 12.5. The van der Waals surface area contributed by atoms with Gasteiger partial charge in [-0.2, -0.15) is 0 Å². The lowest BCUT2D eigenvalue weighted by molar-refractivity contribution is -0.117. The molecule has 9 heteroatoms. The summed E-state index contributed by atoms with van der Waals surface area (Å²) in [7, 11) is 1.55. The summed E-state index contributed by atoms with van der Waals surface area (Å²) in [5.41, 5.74) is 1.79. The zero-order valence-electron chi connectivity index (χ0n) is 17.6. The van der Waals surface area contributed by atoms with E-state index in [2.05, 4.69) is 15.4 Å². The molecule has 0 fully saturated rings. The Morgan fingerprint density at radius 2 is 1.94 bits per heavy atom. The second-order valence-corrected chi connectivity index (χ2v) is 8.43. The average molecular weight is 462 g/mol. The quantitative estimate of drug-likeness (QED) is 0.456. The van der Waals surface area contributed by atoms with Gasteiger partial charge in [-0.3, -0.25) is 9.52 Å². The summed E-state index contributed by atoms with van der Waals surface area (Å²) < 4.78 is 26.9. The summed E-state index contributed by atoms with van der Waals surface area (Å²) in [6, 6.07) is 13.6. The van der Waals surface area contributed by atoms with E-state index in [-0.39, 0.29) is 11.9 Å². The van der Waals surface area contributed by atoms with Gasteiger partial charge in [0.15, 0.2) is 11.0 Å². The van der Waals surface area contributed by atoms with Crippen molar-refractivity contribution in [3.8, 4) is 17.1 Å². The predicted octanol–water partition coefficient (Wildman–Crippen LogP) is 4.60. The van der Waals surface area contributed by atoms with Crippen LogP contribution in [0.2, 0.25) is 5.02 Å². The largest absolute Gasteiger partial charge is 0.495 e. The van der Waals surface area contributed by atoms with Crippen LogP contribution in [0, 0.1) is 6.92 Å². The maximum atomic E-state index is 13.0. The molecule has 3 rings (SSSR count). The number of carbonyl (C=O) groups is 1. The number of halogens is 1. The van der Waals surface area contributed by atoms with Crippen LogP contribution in [-0.4, -0.2) is 30.3 Å². The van der Waals surface area contributed by atoms with Crippen LogP contribution >= 0.6 is 11.6 Å². The van der Waals surface area contributed by atoms with E-state index in [1.165, 1.54) is 7.11 Å². The lowest BCUT2D eigenvalue weighted by atomic mass is 10.2. The molecule has 3 N–H and O–H groups in total. The molecule has 0 saturated carbocycles. The maximum Gasteiger partial charge on any atom is 0.241 e. The first-order chi connectivity index (χ1) is 14.8.